The van der Waals surface area contributed by atoms with Gasteiger partial charge in [0, 0.05) is 11.3 Å². The van der Waals surface area contributed by atoms with Crippen LogP contribution in [0.5, 0.6) is 0 Å². The van der Waals surface area contributed by atoms with Gasteiger partial charge in [-0.3, -0.25) is 14.4 Å². The topological polar surface area (TPSA) is 72.5 Å². The molecule has 0 radical (unpaired) electrons. The Morgan fingerprint density at radius 2 is 1.91 bits per heavy atom. The Balaban J connectivity index is 1.92. The van der Waals surface area contributed by atoms with E-state index in [2.05, 4.69) is 5.32 Å². The van der Waals surface area contributed by atoms with E-state index in [1.807, 2.05) is 0 Å². The highest BCUT2D eigenvalue weighted by atomic mass is 16.5. The Kier molecular flexibility index (Phi) is 5.31. The first-order valence-electron chi connectivity index (χ1n) is 7.59. The molecule has 22 heavy (non-hydrogen) atoms. The zero-order chi connectivity index (χ0) is 16.1. The normalized spacial score (nSPS) is 16.1. The summed E-state index contributed by atoms with van der Waals surface area (Å²) < 4.78 is 5.23. The molecular formula is C17H21NO4. The summed E-state index contributed by atoms with van der Waals surface area (Å²) in [5.41, 5.74) is 1.04. The molecule has 0 saturated heterocycles. The summed E-state index contributed by atoms with van der Waals surface area (Å²) in [5.74, 6) is -0.835. The lowest BCUT2D eigenvalue weighted by molar-refractivity contribution is -0.157. The molecule has 1 aliphatic carbocycles. The second-order valence-electron chi connectivity index (χ2n) is 5.69. The number of carbonyl (C=O) groups excluding carboxylic acids is 3. The average Bonchev–Trinajstić information content (AvgIpc) is 3.01. The van der Waals surface area contributed by atoms with Gasteiger partial charge in [0.15, 0.2) is 11.9 Å². The molecule has 1 fully saturated rings. The van der Waals surface area contributed by atoms with Crippen molar-refractivity contribution in [2.24, 2.45) is 5.92 Å². The third-order valence-corrected chi connectivity index (χ3v) is 3.89. The Bertz CT molecular complexity index is 576. The molecule has 0 aliphatic heterocycles. The predicted octanol–water partition coefficient (Wildman–Crippen LogP) is 2.95. The number of rotatable bonds is 5. The fraction of sp³-hybridized carbons (Fsp3) is 0.471. The molecule has 0 bridgehead atoms. The van der Waals surface area contributed by atoms with Crippen molar-refractivity contribution in [2.75, 3.05) is 5.32 Å². The van der Waals surface area contributed by atoms with Gasteiger partial charge in [0.2, 0.25) is 0 Å². The van der Waals surface area contributed by atoms with E-state index in [1.54, 1.807) is 31.2 Å². The number of nitrogens with one attached hydrogen (secondary N) is 1. The number of esters is 1. The zero-order valence-electron chi connectivity index (χ0n) is 12.9. The molecule has 5 heteroatoms. The zero-order valence-corrected chi connectivity index (χ0v) is 12.9. The van der Waals surface area contributed by atoms with Crippen LogP contribution in [0.4, 0.5) is 5.69 Å². The molecule has 1 aromatic carbocycles. The second-order valence-corrected chi connectivity index (χ2v) is 5.69. The molecule has 118 valence electrons. The first kappa shape index (κ1) is 16.2. The number of Topliss-reactive ketones (excluding diaryl/α,β-unsaturated/α-hetero) is 1. The number of amides is 1. The van der Waals surface area contributed by atoms with E-state index in [9.17, 15) is 14.4 Å². The smallest absolute Gasteiger partial charge is 0.309 e. The summed E-state index contributed by atoms with van der Waals surface area (Å²) in [6.07, 6.45) is 2.91. The lowest BCUT2D eigenvalue weighted by Crippen LogP contribution is -2.31. The van der Waals surface area contributed by atoms with Crippen molar-refractivity contribution in [2.45, 2.75) is 45.6 Å². The van der Waals surface area contributed by atoms with E-state index < -0.39 is 12.0 Å². The third-order valence-electron chi connectivity index (χ3n) is 3.89. The van der Waals surface area contributed by atoms with Crippen LogP contribution in [-0.2, 0) is 14.3 Å². The van der Waals surface area contributed by atoms with E-state index in [1.165, 1.54) is 6.92 Å². The van der Waals surface area contributed by atoms with Crippen molar-refractivity contribution in [3.8, 4) is 0 Å². The molecule has 1 saturated carbocycles. The van der Waals surface area contributed by atoms with Gasteiger partial charge < -0.3 is 10.1 Å². The molecule has 1 atom stereocenters. The minimum atomic E-state index is -0.853. The number of ketones is 1. The minimum absolute atomic E-state index is 0.0724. The Labute approximate surface area is 130 Å². The summed E-state index contributed by atoms with van der Waals surface area (Å²) >= 11 is 0. The van der Waals surface area contributed by atoms with Crippen LogP contribution in [0.3, 0.4) is 0 Å². The van der Waals surface area contributed by atoms with Gasteiger partial charge in [-0.2, -0.15) is 0 Å². The summed E-state index contributed by atoms with van der Waals surface area (Å²) in [6.45, 7) is 3.02. The third kappa shape index (κ3) is 4.16. The van der Waals surface area contributed by atoms with Gasteiger partial charge in [0.25, 0.3) is 5.91 Å². The number of hydrogen-bond donors (Lipinski definition) is 1. The van der Waals surface area contributed by atoms with Gasteiger partial charge in [-0.25, -0.2) is 0 Å². The molecular weight excluding hydrogens is 282 g/mol. The van der Waals surface area contributed by atoms with Crippen LogP contribution in [0.25, 0.3) is 0 Å². The lowest BCUT2D eigenvalue weighted by Gasteiger charge is -2.16. The first-order valence-corrected chi connectivity index (χ1v) is 7.59. The molecule has 0 aromatic heterocycles. The largest absolute Gasteiger partial charge is 0.452 e. The summed E-state index contributed by atoms with van der Waals surface area (Å²) in [5, 5.41) is 2.66. The van der Waals surface area contributed by atoms with E-state index >= 15 is 0 Å². The second kappa shape index (κ2) is 7.20. The highest BCUT2D eigenvalue weighted by Crippen LogP contribution is 2.26. The van der Waals surface area contributed by atoms with Gasteiger partial charge in [-0.15, -0.1) is 0 Å². The van der Waals surface area contributed by atoms with Crippen molar-refractivity contribution in [3.63, 3.8) is 0 Å². The monoisotopic (exact) mass is 303 g/mol. The molecule has 0 spiro atoms. The van der Waals surface area contributed by atoms with Gasteiger partial charge in [-0.1, -0.05) is 25.0 Å². The molecule has 1 aromatic rings. The maximum absolute atomic E-state index is 12.1. The summed E-state index contributed by atoms with van der Waals surface area (Å²) in [7, 11) is 0. The van der Waals surface area contributed by atoms with Gasteiger partial charge in [0.1, 0.15) is 0 Å². The molecule has 2 rings (SSSR count). The van der Waals surface area contributed by atoms with Gasteiger partial charge in [-0.05, 0) is 38.8 Å². The van der Waals surface area contributed by atoms with Crippen LogP contribution in [0, 0.1) is 5.92 Å². The molecule has 0 unspecified atom stereocenters. The number of hydrogen-bond acceptors (Lipinski definition) is 4. The number of anilines is 1. The molecule has 1 N–H and O–H groups in total. The Morgan fingerprint density at radius 1 is 1.23 bits per heavy atom. The van der Waals surface area contributed by atoms with Crippen molar-refractivity contribution >= 4 is 23.3 Å². The van der Waals surface area contributed by atoms with Crippen molar-refractivity contribution < 1.29 is 19.1 Å². The first-order chi connectivity index (χ1) is 10.5. The molecule has 1 aliphatic rings. The highest BCUT2D eigenvalue weighted by Gasteiger charge is 2.27. The lowest BCUT2D eigenvalue weighted by atomic mass is 10.1. The fourth-order valence-corrected chi connectivity index (χ4v) is 2.55. The number of benzene rings is 1. The van der Waals surface area contributed by atoms with Crippen LogP contribution in [0.1, 0.15) is 49.9 Å². The van der Waals surface area contributed by atoms with Crippen molar-refractivity contribution in [1.29, 1.82) is 0 Å². The van der Waals surface area contributed by atoms with E-state index in [4.69, 9.17) is 4.74 Å². The van der Waals surface area contributed by atoms with E-state index in [0.29, 0.717) is 11.3 Å². The maximum atomic E-state index is 12.1. The van der Waals surface area contributed by atoms with Crippen LogP contribution in [0.2, 0.25) is 0 Å². The van der Waals surface area contributed by atoms with Crippen LogP contribution >= 0.6 is 0 Å². The highest BCUT2D eigenvalue weighted by molar-refractivity contribution is 5.98. The standard InChI is InChI=1S/C17H21NO4/c1-11(19)14-8-5-9-15(10-14)18-16(20)12(2)22-17(21)13-6-3-4-7-13/h5,8-10,12-13H,3-4,6-7H2,1-2H3,(H,18,20)/t12-/m1/s1. The van der Waals surface area contributed by atoms with Crippen LogP contribution in [0.15, 0.2) is 24.3 Å². The van der Waals surface area contributed by atoms with Crippen molar-refractivity contribution in [1.82, 2.24) is 0 Å². The minimum Gasteiger partial charge on any atom is -0.452 e. The molecule has 1 amide bonds. The van der Waals surface area contributed by atoms with Crippen LogP contribution < -0.4 is 5.32 Å². The van der Waals surface area contributed by atoms with Gasteiger partial charge >= 0.3 is 5.97 Å². The van der Waals surface area contributed by atoms with E-state index in [-0.39, 0.29) is 17.7 Å². The Morgan fingerprint density at radius 3 is 2.55 bits per heavy atom. The molecule has 0 heterocycles. The van der Waals surface area contributed by atoms with Crippen LogP contribution in [-0.4, -0.2) is 23.8 Å². The quantitative estimate of drug-likeness (QED) is 0.670. The number of ether oxygens (including phenoxy) is 1. The maximum Gasteiger partial charge on any atom is 0.309 e. The number of carbonyl (C=O) groups is 3. The van der Waals surface area contributed by atoms with Gasteiger partial charge in [0.05, 0.1) is 5.92 Å². The SMILES string of the molecule is CC(=O)c1cccc(NC(=O)[C@@H](C)OC(=O)C2CCCC2)c1. The Hall–Kier alpha value is -2.17. The summed E-state index contributed by atoms with van der Waals surface area (Å²) in [4.78, 5) is 35.3. The molecule has 5 nitrogen and oxygen atoms in total. The summed E-state index contributed by atoms with van der Waals surface area (Å²) in [6, 6.07) is 6.67. The van der Waals surface area contributed by atoms with Crippen molar-refractivity contribution in [3.05, 3.63) is 29.8 Å². The average molecular weight is 303 g/mol. The predicted molar refractivity (Wildman–Crippen MR) is 82.6 cm³/mol. The fourth-order valence-electron chi connectivity index (χ4n) is 2.55. The van der Waals surface area contributed by atoms with E-state index in [0.717, 1.165) is 25.7 Å².